The molecule has 0 aliphatic rings. The van der Waals surface area contributed by atoms with Crippen LogP contribution < -0.4 is 28.0 Å². The molecule has 0 radical (unpaired) electrons. The van der Waals surface area contributed by atoms with Gasteiger partial charge >= 0.3 is 5.95 Å². The van der Waals surface area contributed by atoms with E-state index in [9.17, 15) is 5.11 Å². The summed E-state index contributed by atoms with van der Waals surface area (Å²) >= 11 is 0. The van der Waals surface area contributed by atoms with Gasteiger partial charge in [0.1, 0.15) is 5.84 Å². The van der Waals surface area contributed by atoms with Crippen LogP contribution in [0, 0.1) is 0 Å². The van der Waals surface area contributed by atoms with Crippen molar-refractivity contribution in [1.29, 1.82) is 0 Å². The van der Waals surface area contributed by atoms with E-state index in [2.05, 4.69) is 20.2 Å². The summed E-state index contributed by atoms with van der Waals surface area (Å²) in [5, 5.41) is 17.3. The van der Waals surface area contributed by atoms with Crippen LogP contribution in [0.25, 0.3) is 0 Å². The predicted molar refractivity (Wildman–Crippen MR) is 57.9 cm³/mol. The number of nitrogens with one attached hydrogen (secondary N) is 1. The van der Waals surface area contributed by atoms with Crippen molar-refractivity contribution in [1.82, 2.24) is 10.6 Å². The highest BCUT2D eigenvalue weighted by molar-refractivity contribution is 5.81. The lowest BCUT2D eigenvalue weighted by Gasteiger charge is -2.15. The topological polar surface area (TPSA) is 152 Å². The van der Waals surface area contributed by atoms with E-state index < -0.39 is 0 Å². The molecule has 0 fully saturated rings. The Morgan fingerprint density at radius 1 is 1.69 bits per heavy atom. The highest BCUT2D eigenvalue weighted by Gasteiger charge is 2.11. The fourth-order valence-corrected chi connectivity index (χ4v) is 1.14. The van der Waals surface area contributed by atoms with E-state index in [1.54, 1.807) is 0 Å². The Bertz CT molecular complexity index is 350. The third-order valence-corrected chi connectivity index (χ3v) is 1.98. The number of hydrazine groups is 2. The van der Waals surface area contributed by atoms with Gasteiger partial charge in [0.25, 0.3) is 0 Å². The summed E-state index contributed by atoms with van der Waals surface area (Å²) in [7, 11) is 0. The molecule has 0 aliphatic carbocycles. The second-order valence-corrected chi connectivity index (χ2v) is 3.03. The SMILES string of the molecule is N/N=C(/CCCN(N)c1cnoc1O)NN. The third kappa shape index (κ3) is 3.00. The molecule has 0 amide bonds. The van der Waals surface area contributed by atoms with Crippen LogP contribution in [0.1, 0.15) is 12.8 Å². The molecule has 0 saturated carbocycles. The lowest BCUT2D eigenvalue weighted by atomic mass is 10.3. The van der Waals surface area contributed by atoms with Crippen molar-refractivity contribution in [3.8, 4) is 5.95 Å². The van der Waals surface area contributed by atoms with Gasteiger partial charge in [-0.15, -0.1) is 0 Å². The molecule has 1 aromatic heterocycles. The molecule has 9 heteroatoms. The minimum absolute atomic E-state index is 0.313. The Hall–Kier alpha value is -2.00. The number of amidine groups is 1. The van der Waals surface area contributed by atoms with Gasteiger partial charge < -0.3 is 25.9 Å². The largest absolute Gasteiger partial charge is 0.478 e. The molecule has 0 atom stereocenters. The zero-order chi connectivity index (χ0) is 12.0. The molecule has 1 heterocycles. The van der Waals surface area contributed by atoms with Gasteiger partial charge in [-0.1, -0.05) is 5.16 Å². The Labute approximate surface area is 91.8 Å². The van der Waals surface area contributed by atoms with E-state index in [0.717, 1.165) is 0 Å². The van der Waals surface area contributed by atoms with Crippen LogP contribution in [0.2, 0.25) is 0 Å². The lowest BCUT2D eigenvalue weighted by Crippen LogP contribution is -2.34. The van der Waals surface area contributed by atoms with Gasteiger partial charge in [0.15, 0.2) is 5.69 Å². The number of hydrazone groups is 1. The maximum atomic E-state index is 9.19. The molecular formula is C7H15N7O2. The quantitative estimate of drug-likeness (QED) is 0.178. The second kappa shape index (κ2) is 5.78. The van der Waals surface area contributed by atoms with Crippen molar-refractivity contribution >= 4 is 11.5 Å². The zero-order valence-corrected chi connectivity index (χ0v) is 8.63. The van der Waals surface area contributed by atoms with Crippen LogP contribution in [0.3, 0.4) is 0 Å². The van der Waals surface area contributed by atoms with Crippen LogP contribution in [-0.2, 0) is 0 Å². The van der Waals surface area contributed by atoms with Crippen molar-refractivity contribution in [2.24, 2.45) is 22.6 Å². The van der Waals surface area contributed by atoms with Gasteiger partial charge in [-0.2, -0.15) is 5.10 Å². The first kappa shape index (κ1) is 12.1. The summed E-state index contributed by atoms with van der Waals surface area (Å²) in [4.78, 5) is 0. The average molecular weight is 229 g/mol. The first-order valence-electron chi connectivity index (χ1n) is 4.58. The minimum atomic E-state index is -0.313. The highest BCUT2D eigenvalue weighted by atomic mass is 16.5. The molecule has 0 unspecified atom stereocenters. The molecule has 1 rings (SSSR count). The number of hydrogen-bond donors (Lipinski definition) is 5. The third-order valence-electron chi connectivity index (χ3n) is 1.98. The van der Waals surface area contributed by atoms with Crippen molar-refractivity contribution in [2.45, 2.75) is 12.8 Å². The standard InChI is InChI=1S/C7H15N7O2/c8-12-6(13-9)2-1-3-14(10)5-4-11-16-7(5)15/h4,15H,1-3,8-10H2,(H,12,13). The normalized spacial score (nSPS) is 11.5. The molecule has 0 saturated heterocycles. The van der Waals surface area contributed by atoms with E-state index in [1.165, 1.54) is 11.2 Å². The Morgan fingerprint density at radius 3 is 2.94 bits per heavy atom. The number of anilines is 1. The molecular weight excluding hydrogens is 214 g/mol. The van der Waals surface area contributed by atoms with Crippen molar-refractivity contribution in [3.63, 3.8) is 0 Å². The summed E-state index contributed by atoms with van der Waals surface area (Å²) in [6.07, 6.45) is 2.53. The molecule has 0 aromatic carbocycles. The zero-order valence-electron chi connectivity index (χ0n) is 8.63. The maximum absolute atomic E-state index is 9.19. The van der Waals surface area contributed by atoms with Crippen LogP contribution in [0.5, 0.6) is 5.95 Å². The number of hydrogen-bond acceptors (Lipinski definition) is 8. The van der Waals surface area contributed by atoms with Crippen LogP contribution in [0.4, 0.5) is 5.69 Å². The predicted octanol–water partition coefficient (Wildman–Crippen LogP) is -1.42. The highest BCUT2D eigenvalue weighted by Crippen LogP contribution is 2.23. The number of aromatic hydroxyl groups is 1. The Balaban J connectivity index is 2.36. The summed E-state index contributed by atoms with van der Waals surface area (Å²) < 4.78 is 4.46. The monoisotopic (exact) mass is 229 g/mol. The minimum Gasteiger partial charge on any atom is -0.478 e. The molecule has 0 aliphatic heterocycles. The average Bonchev–Trinajstić information content (AvgIpc) is 2.70. The smallest absolute Gasteiger partial charge is 0.333 e. The van der Waals surface area contributed by atoms with Gasteiger partial charge in [0.05, 0.1) is 6.20 Å². The second-order valence-electron chi connectivity index (χ2n) is 3.03. The molecule has 1 aromatic rings. The first-order chi connectivity index (χ1) is 7.69. The molecule has 9 nitrogen and oxygen atoms in total. The number of nitrogens with two attached hydrogens (primary N) is 3. The van der Waals surface area contributed by atoms with E-state index >= 15 is 0 Å². The fourth-order valence-electron chi connectivity index (χ4n) is 1.14. The summed E-state index contributed by atoms with van der Waals surface area (Å²) in [5.74, 6) is 16.0. The van der Waals surface area contributed by atoms with E-state index in [-0.39, 0.29) is 5.95 Å². The molecule has 0 spiro atoms. The number of rotatable bonds is 5. The number of nitrogens with zero attached hydrogens (tertiary/aromatic N) is 3. The van der Waals surface area contributed by atoms with E-state index in [0.29, 0.717) is 30.9 Å². The molecule has 90 valence electrons. The Morgan fingerprint density at radius 2 is 2.44 bits per heavy atom. The lowest BCUT2D eigenvalue weighted by molar-refractivity contribution is 0.278. The van der Waals surface area contributed by atoms with Crippen LogP contribution >= 0.6 is 0 Å². The van der Waals surface area contributed by atoms with Gasteiger partial charge in [0.2, 0.25) is 0 Å². The van der Waals surface area contributed by atoms with Gasteiger partial charge in [-0.05, 0) is 6.42 Å². The summed E-state index contributed by atoms with van der Waals surface area (Å²) in [6, 6.07) is 0. The van der Waals surface area contributed by atoms with Gasteiger partial charge in [0, 0.05) is 13.0 Å². The molecule has 0 bridgehead atoms. The van der Waals surface area contributed by atoms with Crippen LogP contribution in [0.15, 0.2) is 15.8 Å². The van der Waals surface area contributed by atoms with Crippen molar-refractivity contribution in [3.05, 3.63) is 6.20 Å². The van der Waals surface area contributed by atoms with Crippen molar-refractivity contribution < 1.29 is 9.63 Å². The van der Waals surface area contributed by atoms with E-state index in [4.69, 9.17) is 17.5 Å². The first-order valence-corrected chi connectivity index (χ1v) is 4.58. The summed E-state index contributed by atoms with van der Waals surface area (Å²) in [5.41, 5.74) is 2.68. The van der Waals surface area contributed by atoms with Gasteiger partial charge in [-0.25, -0.2) is 11.7 Å². The Kier molecular flexibility index (Phi) is 4.36. The molecule has 16 heavy (non-hydrogen) atoms. The van der Waals surface area contributed by atoms with Gasteiger partial charge in [-0.3, -0.25) is 0 Å². The van der Waals surface area contributed by atoms with Crippen LogP contribution in [-0.4, -0.2) is 22.6 Å². The number of aromatic nitrogens is 1. The summed E-state index contributed by atoms with van der Waals surface area (Å²) in [6.45, 7) is 0.468. The fraction of sp³-hybridized carbons (Fsp3) is 0.429. The van der Waals surface area contributed by atoms with Crippen molar-refractivity contribution in [2.75, 3.05) is 11.6 Å². The van der Waals surface area contributed by atoms with E-state index in [1.807, 2.05) is 0 Å². The molecule has 8 N–H and O–H groups in total. The maximum Gasteiger partial charge on any atom is 0.333 e.